The number of halogens is 1. The predicted octanol–water partition coefficient (Wildman–Crippen LogP) is 4.05. The second-order valence-corrected chi connectivity index (χ2v) is 8.31. The maximum atomic E-state index is 13.2. The SMILES string of the molecule is CCCn1c(=O)nc(Nc2ccc(Oc3nc(C(=O)O)co3)c(C)c2)n(Cc2ccc(Cl)cc2)c1=O. The molecule has 0 saturated heterocycles. The maximum Gasteiger partial charge on any atom is 0.399 e. The average molecular weight is 512 g/mol. The highest BCUT2D eigenvalue weighted by Gasteiger charge is 2.16. The van der Waals surface area contributed by atoms with Crippen molar-refractivity contribution in [2.24, 2.45) is 0 Å². The van der Waals surface area contributed by atoms with Gasteiger partial charge in [0.1, 0.15) is 12.0 Å². The van der Waals surface area contributed by atoms with Crippen LogP contribution >= 0.6 is 11.6 Å². The van der Waals surface area contributed by atoms with E-state index in [0.717, 1.165) is 16.4 Å². The molecule has 0 spiro atoms. The zero-order valence-corrected chi connectivity index (χ0v) is 20.2. The summed E-state index contributed by atoms with van der Waals surface area (Å²) in [4.78, 5) is 44.6. The molecule has 0 radical (unpaired) electrons. The average Bonchev–Trinajstić information content (AvgIpc) is 3.31. The minimum atomic E-state index is -1.23. The Bertz CT molecular complexity index is 1520. The summed E-state index contributed by atoms with van der Waals surface area (Å²) in [5, 5.41) is 12.6. The Labute approximate surface area is 209 Å². The zero-order chi connectivity index (χ0) is 25.8. The van der Waals surface area contributed by atoms with E-state index in [4.69, 9.17) is 25.9 Å². The first-order valence-corrected chi connectivity index (χ1v) is 11.3. The Morgan fingerprint density at radius 3 is 2.53 bits per heavy atom. The number of nitrogens with one attached hydrogen (secondary N) is 1. The summed E-state index contributed by atoms with van der Waals surface area (Å²) < 4.78 is 13.1. The first kappa shape index (κ1) is 24.7. The lowest BCUT2D eigenvalue weighted by molar-refractivity contribution is 0.0690. The summed E-state index contributed by atoms with van der Waals surface area (Å²) >= 11 is 5.98. The molecule has 0 aliphatic carbocycles. The number of aromatic nitrogens is 4. The molecule has 4 aromatic rings. The first-order valence-electron chi connectivity index (χ1n) is 11.0. The number of aromatic carboxylic acids is 1. The normalized spacial score (nSPS) is 10.9. The van der Waals surface area contributed by atoms with Crippen molar-refractivity contribution in [1.29, 1.82) is 0 Å². The molecule has 12 heteroatoms. The highest BCUT2D eigenvalue weighted by molar-refractivity contribution is 6.30. The molecule has 0 bridgehead atoms. The molecule has 2 aromatic carbocycles. The van der Waals surface area contributed by atoms with Crippen LogP contribution in [0.5, 0.6) is 11.8 Å². The van der Waals surface area contributed by atoms with Gasteiger partial charge in [0.15, 0.2) is 5.69 Å². The van der Waals surface area contributed by atoms with Gasteiger partial charge in [-0.15, -0.1) is 0 Å². The summed E-state index contributed by atoms with van der Waals surface area (Å²) in [5.74, 6) is -0.772. The third kappa shape index (κ3) is 5.47. The largest absolute Gasteiger partial charge is 0.476 e. The van der Waals surface area contributed by atoms with E-state index in [2.05, 4.69) is 15.3 Å². The second kappa shape index (κ2) is 10.5. The summed E-state index contributed by atoms with van der Waals surface area (Å²) in [5.41, 5.74) is 0.600. The second-order valence-electron chi connectivity index (χ2n) is 7.88. The van der Waals surface area contributed by atoms with E-state index in [1.54, 1.807) is 49.4 Å². The molecule has 0 saturated carbocycles. The monoisotopic (exact) mass is 511 g/mol. The molecular weight excluding hydrogens is 490 g/mol. The van der Waals surface area contributed by atoms with Crippen LogP contribution in [0, 0.1) is 6.92 Å². The number of hydrogen-bond acceptors (Lipinski definition) is 8. The fourth-order valence-electron chi connectivity index (χ4n) is 3.42. The molecule has 2 heterocycles. The molecule has 0 amide bonds. The van der Waals surface area contributed by atoms with Gasteiger partial charge in [-0.1, -0.05) is 30.7 Å². The van der Waals surface area contributed by atoms with Gasteiger partial charge in [-0.05, 0) is 54.8 Å². The number of carboxylic acids is 1. The molecule has 4 rings (SSSR count). The third-order valence-corrected chi connectivity index (χ3v) is 5.43. The van der Waals surface area contributed by atoms with Crippen LogP contribution in [0.3, 0.4) is 0 Å². The molecule has 0 aliphatic heterocycles. The molecule has 2 N–H and O–H groups in total. The molecule has 0 unspecified atom stereocenters. The Balaban J connectivity index is 1.65. The van der Waals surface area contributed by atoms with Gasteiger partial charge < -0.3 is 19.6 Å². The molecule has 186 valence electrons. The molecule has 0 atom stereocenters. The van der Waals surface area contributed by atoms with Crippen molar-refractivity contribution in [3.8, 4) is 11.8 Å². The number of nitrogens with zero attached hydrogens (tertiary/aromatic N) is 4. The van der Waals surface area contributed by atoms with Crippen molar-refractivity contribution in [2.75, 3.05) is 5.32 Å². The van der Waals surface area contributed by atoms with Gasteiger partial charge in [-0.2, -0.15) is 9.97 Å². The van der Waals surface area contributed by atoms with Crippen LogP contribution in [0.2, 0.25) is 5.02 Å². The highest BCUT2D eigenvalue weighted by atomic mass is 35.5. The fourth-order valence-corrected chi connectivity index (χ4v) is 3.55. The van der Waals surface area contributed by atoms with Crippen molar-refractivity contribution in [2.45, 2.75) is 33.4 Å². The Morgan fingerprint density at radius 1 is 1.14 bits per heavy atom. The van der Waals surface area contributed by atoms with Crippen LogP contribution in [0.1, 0.15) is 35.0 Å². The van der Waals surface area contributed by atoms with Crippen LogP contribution in [-0.2, 0) is 13.1 Å². The summed E-state index contributed by atoms with van der Waals surface area (Å²) in [7, 11) is 0. The highest BCUT2D eigenvalue weighted by Crippen LogP contribution is 2.28. The van der Waals surface area contributed by atoms with Gasteiger partial charge in [0, 0.05) is 17.3 Å². The van der Waals surface area contributed by atoms with E-state index < -0.39 is 17.3 Å². The van der Waals surface area contributed by atoms with E-state index in [9.17, 15) is 14.4 Å². The van der Waals surface area contributed by atoms with E-state index in [1.807, 2.05) is 6.92 Å². The van der Waals surface area contributed by atoms with Crippen molar-refractivity contribution in [3.63, 3.8) is 0 Å². The Hall–Kier alpha value is -4.38. The number of hydrogen-bond donors (Lipinski definition) is 2. The minimum absolute atomic E-state index is 0.0826. The lowest BCUT2D eigenvalue weighted by Gasteiger charge is -2.16. The lowest BCUT2D eigenvalue weighted by Crippen LogP contribution is -2.42. The summed E-state index contributed by atoms with van der Waals surface area (Å²) in [6, 6.07) is 12.0. The molecule has 36 heavy (non-hydrogen) atoms. The number of carbonyl (C=O) groups is 1. The topological polar surface area (TPSA) is 141 Å². The van der Waals surface area contributed by atoms with Crippen molar-refractivity contribution >= 4 is 29.2 Å². The number of anilines is 2. The Kier molecular flexibility index (Phi) is 7.20. The zero-order valence-electron chi connectivity index (χ0n) is 19.4. The molecule has 2 aromatic heterocycles. The summed E-state index contributed by atoms with van der Waals surface area (Å²) in [6.07, 6.45) is 1.37. The fraction of sp³-hybridized carbons (Fsp3) is 0.208. The number of rotatable bonds is 9. The van der Waals surface area contributed by atoms with E-state index >= 15 is 0 Å². The molecule has 0 fully saturated rings. The number of carboxylic acid groups (broad SMARTS) is 1. The van der Waals surface area contributed by atoms with Crippen molar-refractivity contribution in [3.05, 3.63) is 91.5 Å². The van der Waals surface area contributed by atoms with E-state index in [-0.39, 0.29) is 30.8 Å². The first-order chi connectivity index (χ1) is 17.2. The van der Waals surface area contributed by atoms with Crippen LogP contribution in [0.4, 0.5) is 11.6 Å². The van der Waals surface area contributed by atoms with Gasteiger partial charge in [0.25, 0.3) is 0 Å². The van der Waals surface area contributed by atoms with Gasteiger partial charge in [0.05, 0.1) is 6.54 Å². The van der Waals surface area contributed by atoms with Crippen LogP contribution in [0.25, 0.3) is 0 Å². The van der Waals surface area contributed by atoms with Crippen molar-refractivity contribution < 1.29 is 19.1 Å². The van der Waals surface area contributed by atoms with E-state index in [1.165, 1.54) is 4.57 Å². The maximum absolute atomic E-state index is 13.2. The van der Waals surface area contributed by atoms with Crippen LogP contribution < -0.4 is 21.4 Å². The van der Waals surface area contributed by atoms with E-state index in [0.29, 0.717) is 28.4 Å². The summed E-state index contributed by atoms with van der Waals surface area (Å²) in [6.45, 7) is 4.05. The van der Waals surface area contributed by atoms with Gasteiger partial charge >= 0.3 is 23.4 Å². The number of benzene rings is 2. The van der Waals surface area contributed by atoms with Crippen LogP contribution in [-0.4, -0.2) is 30.2 Å². The number of ether oxygens (including phenoxy) is 1. The Morgan fingerprint density at radius 2 is 1.89 bits per heavy atom. The third-order valence-electron chi connectivity index (χ3n) is 5.18. The number of aryl methyl sites for hydroxylation is 1. The smallest absolute Gasteiger partial charge is 0.399 e. The standard InChI is InChI=1S/C24H22ClN5O6/c1-3-10-29-22(33)28-21(30(24(29)34)12-15-4-6-16(25)7-5-15)26-17-8-9-19(14(2)11-17)36-23-27-18(13-35-23)20(31)32/h4-9,11,13H,3,10,12H2,1-2H3,(H,31,32)(H,26,28,33). The minimum Gasteiger partial charge on any atom is -0.476 e. The molecular formula is C24H22ClN5O6. The van der Waals surface area contributed by atoms with Gasteiger partial charge in [-0.25, -0.2) is 19.0 Å². The molecule has 0 aliphatic rings. The van der Waals surface area contributed by atoms with Gasteiger partial charge in [-0.3, -0.25) is 4.57 Å². The van der Waals surface area contributed by atoms with Crippen molar-refractivity contribution in [1.82, 2.24) is 19.1 Å². The lowest BCUT2D eigenvalue weighted by atomic mass is 10.2. The van der Waals surface area contributed by atoms with Crippen LogP contribution in [0.15, 0.2) is 62.7 Å². The van der Waals surface area contributed by atoms with Gasteiger partial charge in [0.2, 0.25) is 5.95 Å². The number of oxazole rings is 1. The molecule has 11 nitrogen and oxygen atoms in total. The quantitative estimate of drug-likeness (QED) is 0.340. The predicted molar refractivity (Wildman–Crippen MR) is 132 cm³/mol.